The second-order valence-electron chi connectivity index (χ2n) is 4.28. The molecule has 0 aliphatic heterocycles. The van der Waals surface area contributed by atoms with Crippen LogP contribution in [0.4, 0.5) is 0 Å². The number of hydrogen-bond acceptors (Lipinski definition) is 0. The SMILES string of the molecule is [CH2]CC(CC)CC(C)(CC)CC. The van der Waals surface area contributed by atoms with Gasteiger partial charge in [-0.1, -0.05) is 60.3 Å². The largest absolute Gasteiger partial charge is 0.0651 e. The van der Waals surface area contributed by atoms with Crippen molar-refractivity contribution in [1.29, 1.82) is 0 Å². The summed E-state index contributed by atoms with van der Waals surface area (Å²) in [5.74, 6) is 0.842. The first-order chi connectivity index (χ1) is 5.61. The minimum absolute atomic E-state index is 0.568. The zero-order valence-electron chi connectivity index (χ0n) is 9.32. The second-order valence-corrected chi connectivity index (χ2v) is 4.28. The third-order valence-corrected chi connectivity index (χ3v) is 3.47. The molecule has 0 heteroatoms. The van der Waals surface area contributed by atoms with E-state index in [4.69, 9.17) is 0 Å². The van der Waals surface area contributed by atoms with Gasteiger partial charge in [0.1, 0.15) is 0 Å². The lowest BCUT2D eigenvalue weighted by molar-refractivity contribution is 0.217. The highest BCUT2D eigenvalue weighted by Gasteiger charge is 2.22. The maximum Gasteiger partial charge on any atom is -0.0328 e. The summed E-state index contributed by atoms with van der Waals surface area (Å²) in [6.45, 7) is 13.3. The molecule has 0 amide bonds. The van der Waals surface area contributed by atoms with Crippen LogP contribution in [0.2, 0.25) is 0 Å². The standard InChI is InChI=1S/C12H25/c1-6-11(7-2)10-12(5,8-3)9-4/h11H,1,6-10H2,2-5H3. The predicted octanol–water partition coefficient (Wildman–Crippen LogP) is 4.45. The fourth-order valence-corrected chi connectivity index (χ4v) is 1.69. The monoisotopic (exact) mass is 169 g/mol. The van der Waals surface area contributed by atoms with Crippen LogP contribution in [-0.2, 0) is 0 Å². The van der Waals surface area contributed by atoms with E-state index < -0.39 is 0 Å². The maximum absolute atomic E-state index is 4.01. The summed E-state index contributed by atoms with van der Waals surface area (Å²) in [7, 11) is 0. The van der Waals surface area contributed by atoms with Gasteiger partial charge in [-0.2, -0.15) is 0 Å². The summed E-state index contributed by atoms with van der Waals surface area (Å²) in [5, 5.41) is 0. The molecule has 0 saturated carbocycles. The smallest absolute Gasteiger partial charge is 0.0328 e. The second kappa shape index (κ2) is 5.61. The molecule has 0 rings (SSSR count). The molecule has 1 atom stereocenters. The first kappa shape index (κ1) is 12.0. The van der Waals surface area contributed by atoms with Crippen LogP contribution in [0.5, 0.6) is 0 Å². The molecular weight excluding hydrogens is 144 g/mol. The fourth-order valence-electron chi connectivity index (χ4n) is 1.69. The normalized spacial score (nSPS) is 12.5. The predicted molar refractivity (Wildman–Crippen MR) is 57.1 cm³/mol. The lowest BCUT2D eigenvalue weighted by Crippen LogP contribution is -2.18. The van der Waals surface area contributed by atoms with Crippen molar-refractivity contribution in [1.82, 2.24) is 0 Å². The van der Waals surface area contributed by atoms with Crippen LogP contribution in [0.15, 0.2) is 0 Å². The molecule has 0 aromatic heterocycles. The van der Waals surface area contributed by atoms with Crippen LogP contribution in [0.1, 0.15) is 59.8 Å². The highest BCUT2D eigenvalue weighted by molar-refractivity contribution is 4.75. The molecule has 73 valence electrons. The van der Waals surface area contributed by atoms with Crippen LogP contribution in [0, 0.1) is 18.3 Å². The van der Waals surface area contributed by atoms with Crippen molar-refractivity contribution < 1.29 is 0 Å². The summed E-state index contributed by atoms with van der Waals surface area (Å²) in [4.78, 5) is 0. The molecule has 0 saturated heterocycles. The fraction of sp³-hybridized carbons (Fsp3) is 0.917. The molecule has 0 heterocycles. The lowest BCUT2D eigenvalue weighted by atomic mass is 9.75. The molecule has 1 radical (unpaired) electrons. The quantitative estimate of drug-likeness (QED) is 0.551. The molecular formula is C12H25. The summed E-state index contributed by atoms with van der Waals surface area (Å²) < 4.78 is 0. The van der Waals surface area contributed by atoms with Crippen LogP contribution < -0.4 is 0 Å². The zero-order chi connectivity index (χ0) is 9.61. The Bertz CT molecular complexity index is 96.6. The Morgan fingerprint density at radius 2 is 1.67 bits per heavy atom. The average molecular weight is 169 g/mol. The van der Waals surface area contributed by atoms with Gasteiger partial charge in [0.05, 0.1) is 0 Å². The third-order valence-electron chi connectivity index (χ3n) is 3.47. The summed E-state index contributed by atoms with van der Waals surface area (Å²) in [5.41, 5.74) is 0.568. The van der Waals surface area contributed by atoms with Gasteiger partial charge in [-0.05, 0) is 17.8 Å². The zero-order valence-corrected chi connectivity index (χ0v) is 9.32. The van der Waals surface area contributed by atoms with Crippen molar-refractivity contribution in [3.05, 3.63) is 6.92 Å². The van der Waals surface area contributed by atoms with Crippen molar-refractivity contribution in [2.75, 3.05) is 0 Å². The van der Waals surface area contributed by atoms with Crippen LogP contribution in [0.3, 0.4) is 0 Å². The van der Waals surface area contributed by atoms with Crippen LogP contribution in [-0.4, -0.2) is 0 Å². The third kappa shape index (κ3) is 3.60. The topological polar surface area (TPSA) is 0 Å². The van der Waals surface area contributed by atoms with Gasteiger partial charge in [-0.15, -0.1) is 0 Å². The van der Waals surface area contributed by atoms with E-state index in [9.17, 15) is 0 Å². The van der Waals surface area contributed by atoms with E-state index in [1.54, 1.807) is 0 Å². The van der Waals surface area contributed by atoms with Crippen molar-refractivity contribution in [3.63, 3.8) is 0 Å². The maximum atomic E-state index is 4.01. The first-order valence-corrected chi connectivity index (χ1v) is 5.41. The molecule has 0 N–H and O–H groups in total. The van der Waals surface area contributed by atoms with E-state index >= 15 is 0 Å². The van der Waals surface area contributed by atoms with E-state index in [-0.39, 0.29) is 0 Å². The van der Waals surface area contributed by atoms with E-state index in [0.29, 0.717) is 5.41 Å². The van der Waals surface area contributed by atoms with Gasteiger partial charge >= 0.3 is 0 Å². The average Bonchev–Trinajstić information content (AvgIpc) is 2.14. The molecule has 0 aromatic rings. The summed E-state index contributed by atoms with van der Waals surface area (Å²) >= 11 is 0. The molecule has 0 aliphatic rings. The van der Waals surface area contributed by atoms with Gasteiger partial charge in [0.15, 0.2) is 0 Å². The van der Waals surface area contributed by atoms with Crippen molar-refractivity contribution in [2.45, 2.75) is 59.8 Å². The summed E-state index contributed by atoms with van der Waals surface area (Å²) in [6.07, 6.45) is 6.37. The van der Waals surface area contributed by atoms with Crippen LogP contribution in [0.25, 0.3) is 0 Å². The van der Waals surface area contributed by atoms with E-state index in [2.05, 4.69) is 34.6 Å². The molecule has 1 unspecified atom stereocenters. The Hall–Kier alpha value is 0. The van der Waals surface area contributed by atoms with Crippen LogP contribution >= 0.6 is 0 Å². The Morgan fingerprint density at radius 1 is 1.17 bits per heavy atom. The van der Waals surface area contributed by atoms with Gasteiger partial charge in [0, 0.05) is 0 Å². The highest BCUT2D eigenvalue weighted by atomic mass is 14.3. The first-order valence-electron chi connectivity index (χ1n) is 5.41. The van der Waals surface area contributed by atoms with Crippen molar-refractivity contribution >= 4 is 0 Å². The van der Waals surface area contributed by atoms with Crippen molar-refractivity contribution in [3.8, 4) is 0 Å². The molecule has 0 fully saturated rings. The highest BCUT2D eigenvalue weighted by Crippen LogP contribution is 2.35. The Labute approximate surface area is 78.8 Å². The van der Waals surface area contributed by atoms with E-state index in [1.807, 2.05) is 0 Å². The van der Waals surface area contributed by atoms with Gasteiger partial charge < -0.3 is 0 Å². The number of hydrogen-bond donors (Lipinski definition) is 0. The molecule has 0 nitrogen and oxygen atoms in total. The Morgan fingerprint density at radius 3 is 1.92 bits per heavy atom. The van der Waals surface area contributed by atoms with Gasteiger partial charge in [0.25, 0.3) is 0 Å². The molecule has 12 heavy (non-hydrogen) atoms. The molecule has 0 aromatic carbocycles. The minimum atomic E-state index is 0.568. The van der Waals surface area contributed by atoms with E-state index in [0.717, 1.165) is 12.3 Å². The van der Waals surface area contributed by atoms with Gasteiger partial charge in [0.2, 0.25) is 0 Å². The van der Waals surface area contributed by atoms with Gasteiger partial charge in [-0.25, -0.2) is 0 Å². The molecule has 0 spiro atoms. The Balaban J connectivity index is 3.99. The lowest BCUT2D eigenvalue weighted by Gasteiger charge is -2.30. The van der Waals surface area contributed by atoms with Gasteiger partial charge in [-0.3, -0.25) is 0 Å². The Kier molecular flexibility index (Phi) is 5.61. The molecule has 0 aliphatic carbocycles. The minimum Gasteiger partial charge on any atom is -0.0651 e. The van der Waals surface area contributed by atoms with Crippen molar-refractivity contribution in [2.24, 2.45) is 11.3 Å². The number of rotatable bonds is 6. The summed E-state index contributed by atoms with van der Waals surface area (Å²) in [6, 6.07) is 0. The molecule has 0 bridgehead atoms. The van der Waals surface area contributed by atoms with E-state index in [1.165, 1.54) is 25.7 Å².